The fraction of sp³-hybridized carbons (Fsp3) is 0.500. The first kappa shape index (κ1) is 10.6. The predicted octanol–water partition coefficient (Wildman–Crippen LogP) is 2.94. The van der Waals surface area contributed by atoms with Gasteiger partial charge in [-0.3, -0.25) is 0 Å². The maximum atomic E-state index is 13.0. The van der Waals surface area contributed by atoms with E-state index in [2.05, 4.69) is 6.92 Å². The van der Waals surface area contributed by atoms with E-state index in [1.165, 1.54) is 6.07 Å². The normalized spacial score (nSPS) is 29.2. The average Bonchev–Trinajstić information content (AvgIpc) is 2.84. The zero-order chi connectivity index (χ0) is 11.1. The summed E-state index contributed by atoms with van der Waals surface area (Å²) in [6.07, 6.45) is 3.01. The van der Waals surface area contributed by atoms with E-state index in [1.54, 1.807) is 6.07 Å². The molecule has 2 N–H and O–H groups in total. The lowest BCUT2D eigenvalue weighted by Crippen LogP contribution is -2.22. The number of hydrogen-bond donors (Lipinski definition) is 1. The van der Waals surface area contributed by atoms with Gasteiger partial charge in [0.25, 0.3) is 0 Å². The molecule has 0 radical (unpaired) electrons. The summed E-state index contributed by atoms with van der Waals surface area (Å²) in [4.78, 5) is 0. The molecule has 1 aromatic carbocycles. The van der Waals surface area contributed by atoms with E-state index in [1.807, 2.05) is 0 Å². The zero-order valence-corrected chi connectivity index (χ0v) is 8.76. The van der Waals surface area contributed by atoms with Gasteiger partial charge in [0.05, 0.1) is 0 Å². The van der Waals surface area contributed by atoms with Crippen molar-refractivity contribution in [3.8, 4) is 0 Å². The van der Waals surface area contributed by atoms with Crippen LogP contribution in [0.2, 0.25) is 0 Å². The van der Waals surface area contributed by atoms with E-state index in [-0.39, 0.29) is 0 Å². The molecule has 0 spiro atoms. The Hall–Kier alpha value is -0.960. The standard InChI is InChI=1S/C12H15F2N/c1-2-3-9-7-12(9,15)8-4-5-10(13)11(14)6-8/h4-6,9H,2-3,7,15H2,1H3. The minimum Gasteiger partial charge on any atom is -0.321 e. The number of nitrogens with two attached hydrogens (primary N) is 1. The number of halogens is 2. The van der Waals surface area contributed by atoms with Gasteiger partial charge in [-0.25, -0.2) is 8.78 Å². The van der Waals surface area contributed by atoms with Crippen molar-refractivity contribution in [1.29, 1.82) is 0 Å². The zero-order valence-electron chi connectivity index (χ0n) is 8.76. The third kappa shape index (κ3) is 1.76. The number of hydrogen-bond acceptors (Lipinski definition) is 1. The lowest BCUT2D eigenvalue weighted by Gasteiger charge is -2.12. The van der Waals surface area contributed by atoms with E-state index >= 15 is 0 Å². The summed E-state index contributed by atoms with van der Waals surface area (Å²) in [7, 11) is 0. The van der Waals surface area contributed by atoms with Crippen LogP contribution in [0.15, 0.2) is 18.2 Å². The minimum atomic E-state index is -0.810. The van der Waals surface area contributed by atoms with Crippen molar-refractivity contribution in [2.45, 2.75) is 31.7 Å². The summed E-state index contributed by atoms with van der Waals surface area (Å²) in [5, 5.41) is 0. The molecule has 0 aromatic heterocycles. The molecule has 2 rings (SSSR count). The van der Waals surface area contributed by atoms with E-state index in [0.29, 0.717) is 5.92 Å². The number of rotatable bonds is 3. The lowest BCUT2D eigenvalue weighted by atomic mass is 10.0. The summed E-state index contributed by atoms with van der Waals surface area (Å²) in [6, 6.07) is 3.97. The monoisotopic (exact) mass is 211 g/mol. The van der Waals surface area contributed by atoms with Crippen LogP contribution >= 0.6 is 0 Å². The summed E-state index contributed by atoms with van der Waals surface area (Å²) < 4.78 is 25.8. The van der Waals surface area contributed by atoms with Gasteiger partial charge < -0.3 is 5.73 Å². The Morgan fingerprint density at radius 2 is 2.13 bits per heavy atom. The third-order valence-corrected chi connectivity index (χ3v) is 3.25. The van der Waals surface area contributed by atoms with Gasteiger partial charge in [0.2, 0.25) is 0 Å². The lowest BCUT2D eigenvalue weighted by molar-refractivity contribution is 0.501. The molecule has 2 unspecified atom stereocenters. The van der Waals surface area contributed by atoms with Crippen molar-refractivity contribution < 1.29 is 8.78 Å². The van der Waals surface area contributed by atoms with E-state index in [0.717, 1.165) is 30.9 Å². The number of benzene rings is 1. The molecule has 1 nitrogen and oxygen atoms in total. The van der Waals surface area contributed by atoms with Gasteiger partial charge in [0.1, 0.15) is 0 Å². The van der Waals surface area contributed by atoms with E-state index in [9.17, 15) is 8.78 Å². The maximum Gasteiger partial charge on any atom is 0.159 e. The Morgan fingerprint density at radius 3 is 2.73 bits per heavy atom. The fourth-order valence-corrected chi connectivity index (χ4v) is 2.20. The molecular formula is C12H15F2N. The quantitative estimate of drug-likeness (QED) is 0.817. The molecule has 0 saturated heterocycles. The molecule has 2 atom stereocenters. The SMILES string of the molecule is CCCC1CC1(N)c1ccc(F)c(F)c1. The van der Waals surface area contributed by atoms with Crippen molar-refractivity contribution in [2.24, 2.45) is 11.7 Å². The Morgan fingerprint density at radius 1 is 1.40 bits per heavy atom. The highest BCUT2D eigenvalue weighted by molar-refractivity contribution is 5.32. The smallest absolute Gasteiger partial charge is 0.159 e. The second-order valence-corrected chi connectivity index (χ2v) is 4.36. The van der Waals surface area contributed by atoms with Gasteiger partial charge in [-0.15, -0.1) is 0 Å². The topological polar surface area (TPSA) is 26.0 Å². The largest absolute Gasteiger partial charge is 0.321 e. The van der Waals surface area contributed by atoms with Gasteiger partial charge in [0, 0.05) is 5.54 Å². The molecule has 0 aliphatic heterocycles. The minimum absolute atomic E-state index is 0.412. The van der Waals surface area contributed by atoms with Crippen LogP contribution in [0.4, 0.5) is 8.78 Å². The van der Waals surface area contributed by atoms with Crippen LogP contribution in [0.1, 0.15) is 31.7 Å². The van der Waals surface area contributed by atoms with Crippen LogP contribution in [-0.4, -0.2) is 0 Å². The summed E-state index contributed by atoms with van der Waals surface area (Å²) in [6.45, 7) is 2.10. The van der Waals surface area contributed by atoms with Crippen molar-refractivity contribution in [3.05, 3.63) is 35.4 Å². The molecule has 1 aliphatic rings. The predicted molar refractivity (Wildman–Crippen MR) is 55.2 cm³/mol. The van der Waals surface area contributed by atoms with Gasteiger partial charge in [0.15, 0.2) is 11.6 Å². The van der Waals surface area contributed by atoms with Crippen molar-refractivity contribution in [2.75, 3.05) is 0 Å². The first-order valence-corrected chi connectivity index (χ1v) is 5.32. The Kier molecular flexibility index (Phi) is 2.51. The fourth-order valence-electron chi connectivity index (χ4n) is 2.20. The molecule has 0 heterocycles. The van der Waals surface area contributed by atoms with Gasteiger partial charge in [-0.05, 0) is 36.5 Å². The van der Waals surface area contributed by atoms with E-state index < -0.39 is 17.2 Å². The molecule has 1 aromatic rings. The summed E-state index contributed by atoms with van der Waals surface area (Å²) in [5.41, 5.74) is 6.44. The van der Waals surface area contributed by atoms with Gasteiger partial charge in [-0.2, -0.15) is 0 Å². The van der Waals surface area contributed by atoms with Crippen molar-refractivity contribution in [1.82, 2.24) is 0 Å². The van der Waals surface area contributed by atoms with Crippen LogP contribution in [0.5, 0.6) is 0 Å². The molecule has 0 bridgehead atoms. The highest BCUT2D eigenvalue weighted by Gasteiger charge is 2.51. The highest BCUT2D eigenvalue weighted by Crippen LogP contribution is 2.52. The molecule has 1 aliphatic carbocycles. The van der Waals surface area contributed by atoms with Crippen LogP contribution in [0.25, 0.3) is 0 Å². The Bertz CT molecular complexity index is 378. The molecular weight excluding hydrogens is 196 g/mol. The van der Waals surface area contributed by atoms with Gasteiger partial charge >= 0.3 is 0 Å². The van der Waals surface area contributed by atoms with Crippen LogP contribution in [-0.2, 0) is 5.54 Å². The van der Waals surface area contributed by atoms with Crippen molar-refractivity contribution in [3.63, 3.8) is 0 Å². The van der Waals surface area contributed by atoms with Crippen LogP contribution in [0.3, 0.4) is 0 Å². The molecule has 1 saturated carbocycles. The Balaban J connectivity index is 2.21. The first-order chi connectivity index (χ1) is 7.08. The molecule has 0 amide bonds. The highest BCUT2D eigenvalue weighted by atomic mass is 19.2. The summed E-state index contributed by atoms with van der Waals surface area (Å²) in [5.74, 6) is -1.19. The van der Waals surface area contributed by atoms with Crippen LogP contribution in [0, 0.1) is 17.6 Å². The van der Waals surface area contributed by atoms with Crippen molar-refractivity contribution >= 4 is 0 Å². The summed E-state index contributed by atoms with van der Waals surface area (Å²) >= 11 is 0. The molecule has 1 fully saturated rings. The molecule has 82 valence electrons. The maximum absolute atomic E-state index is 13.0. The second kappa shape index (κ2) is 3.56. The molecule has 15 heavy (non-hydrogen) atoms. The first-order valence-electron chi connectivity index (χ1n) is 5.32. The molecule has 3 heteroatoms. The van der Waals surface area contributed by atoms with E-state index in [4.69, 9.17) is 5.73 Å². The second-order valence-electron chi connectivity index (χ2n) is 4.36. The van der Waals surface area contributed by atoms with Crippen LogP contribution < -0.4 is 5.73 Å². The van der Waals surface area contributed by atoms with Gasteiger partial charge in [-0.1, -0.05) is 19.4 Å². The third-order valence-electron chi connectivity index (χ3n) is 3.25. The average molecular weight is 211 g/mol. The Labute approximate surface area is 88.3 Å².